The number of aliphatic carboxylic acids is 1. The number of hydrogen-bond donors (Lipinski definition) is 2. The standard InChI is InChI=1S/C27H32N2O6/c1-17-14-18(24(30)31)12-13-29(17)25(32)27(2,16-34-3)28-26(33)35-15-23-21-10-6-4-8-19(21)20-9-5-7-11-22(20)23/h4-11,17-18,23H,12-16H2,1-3H3,(H,28,33)(H,30,31)/t17-,18-,27?/m1/s1. The topological polar surface area (TPSA) is 105 Å². The van der Waals surface area contributed by atoms with E-state index in [1.54, 1.807) is 11.8 Å². The number of ether oxygens (including phenoxy) is 2. The monoisotopic (exact) mass is 480 g/mol. The molecule has 2 aliphatic rings. The zero-order valence-electron chi connectivity index (χ0n) is 20.3. The smallest absolute Gasteiger partial charge is 0.408 e. The van der Waals surface area contributed by atoms with Crippen molar-refractivity contribution in [3.8, 4) is 11.1 Å². The molecule has 2 amide bonds. The number of nitrogens with one attached hydrogen (secondary N) is 1. The number of carbonyl (C=O) groups is 3. The Balaban J connectivity index is 1.44. The molecule has 35 heavy (non-hydrogen) atoms. The number of carboxylic acid groups (broad SMARTS) is 1. The van der Waals surface area contributed by atoms with Gasteiger partial charge in [0.2, 0.25) is 0 Å². The molecule has 0 saturated carbocycles. The Kier molecular flexibility index (Phi) is 7.12. The molecular formula is C27H32N2O6. The lowest BCUT2D eigenvalue weighted by atomic mass is 9.89. The summed E-state index contributed by atoms with van der Waals surface area (Å²) < 4.78 is 10.9. The minimum Gasteiger partial charge on any atom is -0.481 e. The second-order valence-corrected chi connectivity index (χ2v) is 9.62. The van der Waals surface area contributed by atoms with Crippen LogP contribution in [0.25, 0.3) is 11.1 Å². The van der Waals surface area contributed by atoms with Gasteiger partial charge in [-0.3, -0.25) is 9.59 Å². The Morgan fingerprint density at radius 3 is 2.23 bits per heavy atom. The molecule has 1 fully saturated rings. The number of alkyl carbamates (subject to hydrolysis) is 1. The summed E-state index contributed by atoms with van der Waals surface area (Å²) in [6, 6.07) is 15.9. The lowest BCUT2D eigenvalue weighted by molar-refractivity contribution is -0.150. The average Bonchev–Trinajstić information content (AvgIpc) is 3.16. The van der Waals surface area contributed by atoms with E-state index in [-0.39, 0.29) is 31.1 Å². The molecule has 8 heteroatoms. The molecule has 186 valence electrons. The molecule has 2 aromatic carbocycles. The van der Waals surface area contributed by atoms with E-state index in [0.29, 0.717) is 19.4 Å². The van der Waals surface area contributed by atoms with E-state index in [1.165, 1.54) is 7.11 Å². The highest BCUT2D eigenvalue weighted by Gasteiger charge is 2.43. The third-order valence-electron chi connectivity index (χ3n) is 7.11. The van der Waals surface area contributed by atoms with Crippen LogP contribution in [0.1, 0.15) is 43.7 Å². The minimum absolute atomic E-state index is 0.0401. The minimum atomic E-state index is -1.35. The van der Waals surface area contributed by atoms with Crippen molar-refractivity contribution >= 4 is 18.0 Å². The first-order chi connectivity index (χ1) is 16.7. The molecule has 1 aliphatic carbocycles. The normalized spacial score (nSPS) is 20.9. The van der Waals surface area contributed by atoms with Crippen LogP contribution >= 0.6 is 0 Å². The quantitative estimate of drug-likeness (QED) is 0.627. The molecule has 1 unspecified atom stereocenters. The van der Waals surface area contributed by atoms with Crippen molar-refractivity contribution in [2.45, 2.75) is 44.2 Å². The van der Waals surface area contributed by atoms with Gasteiger partial charge in [-0.05, 0) is 48.9 Å². The van der Waals surface area contributed by atoms with Crippen LogP contribution in [0.15, 0.2) is 48.5 Å². The Labute approximate surface area is 205 Å². The summed E-state index contributed by atoms with van der Waals surface area (Å²) in [5.74, 6) is -1.73. The number of carboxylic acids is 1. The molecule has 1 aliphatic heterocycles. The Morgan fingerprint density at radius 2 is 1.69 bits per heavy atom. The average molecular weight is 481 g/mol. The van der Waals surface area contributed by atoms with Crippen LogP contribution in [0.3, 0.4) is 0 Å². The van der Waals surface area contributed by atoms with Crippen molar-refractivity contribution in [2.24, 2.45) is 5.92 Å². The van der Waals surface area contributed by atoms with E-state index < -0.39 is 23.5 Å². The van der Waals surface area contributed by atoms with Gasteiger partial charge < -0.3 is 24.8 Å². The Hall–Kier alpha value is -3.39. The molecule has 0 radical (unpaired) electrons. The number of carbonyl (C=O) groups excluding carboxylic acids is 2. The molecule has 0 bridgehead atoms. The van der Waals surface area contributed by atoms with Crippen LogP contribution in [0.5, 0.6) is 0 Å². The molecular weight excluding hydrogens is 448 g/mol. The van der Waals surface area contributed by atoms with Crippen LogP contribution < -0.4 is 5.32 Å². The zero-order valence-corrected chi connectivity index (χ0v) is 20.3. The zero-order chi connectivity index (χ0) is 25.2. The van der Waals surface area contributed by atoms with Crippen molar-refractivity contribution in [1.82, 2.24) is 10.2 Å². The van der Waals surface area contributed by atoms with Crippen molar-refractivity contribution in [1.29, 1.82) is 0 Å². The van der Waals surface area contributed by atoms with Crippen LogP contribution in [0, 0.1) is 5.92 Å². The van der Waals surface area contributed by atoms with Crippen LogP contribution in [0.2, 0.25) is 0 Å². The number of fused-ring (bicyclic) bond motifs is 3. The van der Waals surface area contributed by atoms with Gasteiger partial charge in [-0.15, -0.1) is 0 Å². The number of nitrogens with zero attached hydrogens (tertiary/aromatic N) is 1. The van der Waals surface area contributed by atoms with E-state index in [4.69, 9.17) is 9.47 Å². The SMILES string of the molecule is COCC(C)(NC(=O)OCC1c2ccccc2-c2ccccc21)C(=O)N1CC[C@@H](C(=O)O)C[C@H]1C. The molecule has 2 aromatic rings. The third kappa shape index (κ3) is 4.89. The molecule has 0 aromatic heterocycles. The van der Waals surface area contributed by atoms with Crippen LogP contribution in [-0.2, 0) is 19.1 Å². The Morgan fingerprint density at radius 1 is 1.09 bits per heavy atom. The molecule has 3 atom stereocenters. The fourth-order valence-corrected chi connectivity index (χ4v) is 5.31. The van der Waals surface area contributed by atoms with Gasteiger partial charge in [-0.25, -0.2) is 4.79 Å². The fraction of sp³-hybridized carbons (Fsp3) is 0.444. The lowest BCUT2D eigenvalue weighted by Gasteiger charge is -2.41. The summed E-state index contributed by atoms with van der Waals surface area (Å²) in [5.41, 5.74) is 3.13. The maximum Gasteiger partial charge on any atom is 0.408 e. The molecule has 1 saturated heterocycles. The molecule has 1 heterocycles. The van der Waals surface area contributed by atoms with Crippen LogP contribution in [-0.4, -0.2) is 66.4 Å². The van der Waals surface area contributed by atoms with E-state index >= 15 is 0 Å². The first-order valence-corrected chi connectivity index (χ1v) is 11.9. The number of amides is 2. The van der Waals surface area contributed by atoms with Crippen molar-refractivity contribution in [3.63, 3.8) is 0 Å². The largest absolute Gasteiger partial charge is 0.481 e. The highest BCUT2D eigenvalue weighted by atomic mass is 16.5. The maximum atomic E-state index is 13.4. The molecule has 0 spiro atoms. The molecule has 4 rings (SSSR count). The van der Waals surface area contributed by atoms with E-state index in [1.807, 2.05) is 43.3 Å². The number of hydrogen-bond acceptors (Lipinski definition) is 5. The first kappa shape index (κ1) is 24.7. The number of piperidine rings is 1. The van der Waals surface area contributed by atoms with Gasteiger partial charge in [0.25, 0.3) is 5.91 Å². The summed E-state index contributed by atoms with van der Waals surface area (Å²) in [4.78, 5) is 39.3. The van der Waals surface area contributed by atoms with Crippen molar-refractivity contribution in [3.05, 3.63) is 59.7 Å². The lowest BCUT2D eigenvalue weighted by Crippen LogP contribution is -2.63. The van der Waals surface area contributed by atoms with Crippen LogP contribution in [0.4, 0.5) is 4.79 Å². The van der Waals surface area contributed by atoms with Gasteiger partial charge >= 0.3 is 12.1 Å². The fourth-order valence-electron chi connectivity index (χ4n) is 5.31. The summed E-state index contributed by atoms with van der Waals surface area (Å²) in [7, 11) is 1.46. The van der Waals surface area contributed by atoms with Gasteiger partial charge in [-0.1, -0.05) is 48.5 Å². The molecule has 2 N–H and O–H groups in total. The van der Waals surface area contributed by atoms with Crippen molar-refractivity contribution in [2.75, 3.05) is 26.9 Å². The van der Waals surface area contributed by atoms with Gasteiger partial charge in [0.15, 0.2) is 0 Å². The predicted molar refractivity (Wildman–Crippen MR) is 130 cm³/mol. The van der Waals surface area contributed by atoms with Gasteiger partial charge in [0.1, 0.15) is 12.1 Å². The van der Waals surface area contributed by atoms with E-state index in [9.17, 15) is 19.5 Å². The number of benzene rings is 2. The van der Waals surface area contributed by atoms with E-state index in [2.05, 4.69) is 17.4 Å². The summed E-state index contributed by atoms with van der Waals surface area (Å²) >= 11 is 0. The summed E-state index contributed by atoms with van der Waals surface area (Å²) in [6.45, 7) is 3.84. The van der Waals surface area contributed by atoms with Crippen molar-refractivity contribution < 1.29 is 29.0 Å². The maximum absolute atomic E-state index is 13.4. The Bertz CT molecular complexity index is 1070. The second kappa shape index (κ2) is 10.1. The van der Waals surface area contributed by atoms with Gasteiger partial charge in [-0.2, -0.15) is 0 Å². The summed E-state index contributed by atoms with van der Waals surface area (Å²) in [6.07, 6.45) is 0.0435. The number of likely N-dealkylation sites (tertiary alicyclic amines) is 1. The number of rotatable bonds is 7. The highest BCUT2D eigenvalue weighted by molar-refractivity contribution is 5.90. The molecule has 8 nitrogen and oxygen atoms in total. The van der Waals surface area contributed by atoms with E-state index in [0.717, 1.165) is 22.3 Å². The highest BCUT2D eigenvalue weighted by Crippen LogP contribution is 2.44. The predicted octanol–water partition coefficient (Wildman–Crippen LogP) is 3.64. The third-order valence-corrected chi connectivity index (χ3v) is 7.11. The first-order valence-electron chi connectivity index (χ1n) is 11.9. The number of methoxy groups -OCH3 is 1. The van der Waals surface area contributed by atoms with Gasteiger partial charge in [0.05, 0.1) is 12.5 Å². The summed E-state index contributed by atoms with van der Waals surface area (Å²) in [5, 5.41) is 12.0. The van der Waals surface area contributed by atoms with Gasteiger partial charge in [0, 0.05) is 25.6 Å². The second-order valence-electron chi connectivity index (χ2n) is 9.62.